The normalized spacial score (nSPS) is 20.2. The Balaban J connectivity index is 1.84. The SMILES string of the molecule is O=C(NCC1COCCO1)c1cc(Br)c(Br)s1. The van der Waals surface area contributed by atoms with Crippen molar-refractivity contribution in [3.05, 3.63) is 19.2 Å². The van der Waals surface area contributed by atoms with Crippen molar-refractivity contribution >= 4 is 49.1 Å². The average molecular weight is 385 g/mol. The van der Waals surface area contributed by atoms with Crippen molar-refractivity contribution in [1.82, 2.24) is 5.32 Å². The summed E-state index contributed by atoms with van der Waals surface area (Å²) in [5.41, 5.74) is 0. The lowest BCUT2D eigenvalue weighted by Gasteiger charge is -2.22. The molecule has 1 aromatic rings. The van der Waals surface area contributed by atoms with Crippen LogP contribution in [0.2, 0.25) is 0 Å². The molecule has 0 saturated carbocycles. The molecule has 7 heteroatoms. The van der Waals surface area contributed by atoms with Gasteiger partial charge in [0, 0.05) is 11.0 Å². The molecule has 1 aliphatic heterocycles. The van der Waals surface area contributed by atoms with Gasteiger partial charge in [0.05, 0.1) is 34.6 Å². The Hall–Kier alpha value is 0.0500. The molecule has 0 bridgehead atoms. The lowest BCUT2D eigenvalue weighted by molar-refractivity contribution is -0.0855. The monoisotopic (exact) mass is 383 g/mol. The van der Waals surface area contributed by atoms with Crippen LogP contribution >= 0.6 is 43.2 Å². The van der Waals surface area contributed by atoms with E-state index in [0.717, 1.165) is 8.26 Å². The molecular weight excluding hydrogens is 374 g/mol. The van der Waals surface area contributed by atoms with Gasteiger partial charge in [-0.05, 0) is 37.9 Å². The molecule has 94 valence electrons. The van der Waals surface area contributed by atoms with E-state index >= 15 is 0 Å². The molecular formula is C10H11Br2NO3S. The third-order valence-corrected chi connectivity index (χ3v) is 5.50. The third kappa shape index (κ3) is 3.75. The molecule has 0 radical (unpaired) electrons. The minimum Gasteiger partial charge on any atom is -0.376 e. The van der Waals surface area contributed by atoms with Crippen LogP contribution in [0.15, 0.2) is 14.3 Å². The number of thiophene rings is 1. The maximum absolute atomic E-state index is 11.8. The third-order valence-electron chi connectivity index (χ3n) is 2.24. The first-order valence-corrected chi connectivity index (χ1v) is 7.49. The summed E-state index contributed by atoms with van der Waals surface area (Å²) < 4.78 is 12.5. The second-order valence-corrected chi connectivity index (χ2v) is 6.73. The predicted octanol–water partition coefficient (Wildman–Crippen LogP) is 2.42. The zero-order valence-electron chi connectivity index (χ0n) is 8.87. The standard InChI is InChI=1S/C10H11Br2NO3S/c11-7-3-8(17-9(7)12)10(14)13-4-6-5-15-1-2-16-6/h3,6H,1-2,4-5H2,(H,13,14). The minimum atomic E-state index is -0.0874. The largest absolute Gasteiger partial charge is 0.376 e. The van der Waals surface area contributed by atoms with Crippen molar-refractivity contribution in [2.24, 2.45) is 0 Å². The first-order chi connectivity index (χ1) is 8.16. The van der Waals surface area contributed by atoms with Crippen LogP contribution in [-0.4, -0.2) is 38.4 Å². The van der Waals surface area contributed by atoms with Crippen LogP contribution in [0.3, 0.4) is 0 Å². The first kappa shape index (κ1) is 13.5. The molecule has 1 amide bonds. The summed E-state index contributed by atoms with van der Waals surface area (Å²) >= 11 is 8.10. The van der Waals surface area contributed by atoms with Crippen LogP contribution in [0.25, 0.3) is 0 Å². The molecule has 1 aliphatic rings. The molecule has 2 heterocycles. The number of hydrogen-bond acceptors (Lipinski definition) is 4. The van der Waals surface area contributed by atoms with Gasteiger partial charge in [0.15, 0.2) is 0 Å². The number of rotatable bonds is 3. The predicted molar refractivity (Wildman–Crippen MR) is 72.6 cm³/mol. The number of carbonyl (C=O) groups is 1. The van der Waals surface area contributed by atoms with E-state index < -0.39 is 0 Å². The Bertz CT molecular complexity index is 385. The molecule has 1 fully saturated rings. The maximum atomic E-state index is 11.8. The topological polar surface area (TPSA) is 47.6 Å². The van der Waals surface area contributed by atoms with Crippen LogP contribution in [-0.2, 0) is 9.47 Å². The zero-order chi connectivity index (χ0) is 12.3. The number of amides is 1. The Morgan fingerprint density at radius 3 is 2.94 bits per heavy atom. The molecule has 4 nitrogen and oxygen atoms in total. The Morgan fingerprint density at radius 1 is 1.53 bits per heavy atom. The van der Waals surface area contributed by atoms with E-state index in [1.165, 1.54) is 11.3 Å². The Kier molecular flexibility index (Phi) is 4.98. The lowest BCUT2D eigenvalue weighted by Crippen LogP contribution is -2.39. The fraction of sp³-hybridized carbons (Fsp3) is 0.500. The molecule has 1 saturated heterocycles. The van der Waals surface area contributed by atoms with Crippen molar-refractivity contribution in [2.45, 2.75) is 6.10 Å². The minimum absolute atomic E-state index is 0.0421. The van der Waals surface area contributed by atoms with Gasteiger partial charge in [0.25, 0.3) is 5.91 Å². The van der Waals surface area contributed by atoms with Crippen LogP contribution in [0, 0.1) is 0 Å². The summed E-state index contributed by atoms with van der Waals surface area (Å²) in [6, 6.07) is 1.79. The fourth-order valence-electron chi connectivity index (χ4n) is 1.41. The van der Waals surface area contributed by atoms with E-state index in [9.17, 15) is 4.79 Å². The highest BCUT2D eigenvalue weighted by molar-refractivity contribution is 9.13. The highest BCUT2D eigenvalue weighted by Gasteiger charge is 2.17. The molecule has 1 aromatic heterocycles. The number of nitrogens with one attached hydrogen (secondary N) is 1. The van der Waals surface area contributed by atoms with Crippen molar-refractivity contribution in [3.8, 4) is 0 Å². The Labute approximate surface area is 120 Å². The molecule has 2 rings (SSSR count). The van der Waals surface area contributed by atoms with E-state index in [4.69, 9.17) is 9.47 Å². The summed E-state index contributed by atoms with van der Waals surface area (Å²) in [6.45, 7) is 2.25. The van der Waals surface area contributed by atoms with Crippen molar-refractivity contribution in [1.29, 1.82) is 0 Å². The molecule has 17 heavy (non-hydrogen) atoms. The highest BCUT2D eigenvalue weighted by atomic mass is 79.9. The molecule has 0 aromatic carbocycles. The summed E-state index contributed by atoms with van der Waals surface area (Å²) in [5.74, 6) is -0.0874. The number of ether oxygens (including phenoxy) is 2. The summed E-state index contributed by atoms with van der Waals surface area (Å²) in [6.07, 6.45) is -0.0421. The number of hydrogen-bond donors (Lipinski definition) is 1. The Morgan fingerprint density at radius 2 is 2.35 bits per heavy atom. The summed E-state index contributed by atoms with van der Waals surface area (Å²) in [7, 11) is 0. The van der Waals surface area contributed by atoms with Gasteiger partial charge in [-0.3, -0.25) is 4.79 Å². The zero-order valence-corrected chi connectivity index (χ0v) is 12.9. The van der Waals surface area contributed by atoms with Gasteiger partial charge < -0.3 is 14.8 Å². The highest BCUT2D eigenvalue weighted by Crippen LogP contribution is 2.32. The summed E-state index contributed by atoms with van der Waals surface area (Å²) in [5, 5.41) is 2.83. The molecule has 0 spiro atoms. The van der Waals surface area contributed by atoms with Crippen LogP contribution in [0.1, 0.15) is 9.67 Å². The second-order valence-electron chi connectivity index (χ2n) is 3.51. The van der Waals surface area contributed by atoms with Gasteiger partial charge in [-0.15, -0.1) is 11.3 Å². The van der Waals surface area contributed by atoms with Crippen LogP contribution in [0.5, 0.6) is 0 Å². The quantitative estimate of drug-likeness (QED) is 0.870. The second kappa shape index (κ2) is 6.29. The van der Waals surface area contributed by atoms with Gasteiger partial charge in [0.1, 0.15) is 0 Å². The van der Waals surface area contributed by atoms with Crippen molar-refractivity contribution in [3.63, 3.8) is 0 Å². The van der Waals surface area contributed by atoms with Gasteiger partial charge in [-0.1, -0.05) is 0 Å². The smallest absolute Gasteiger partial charge is 0.261 e. The molecule has 0 aliphatic carbocycles. The van der Waals surface area contributed by atoms with E-state index in [-0.39, 0.29) is 12.0 Å². The van der Waals surface area contributed by atoms with Crippen molar-refractivity contribution in [2.75, 3.05) is 26.4 Å². The van der Waals surface area contributed by atoms with E-state index in [1.807, 2.05) is 0 Å². The van der Waals surface area contributed by atoms with Gasteiger partial charge in [-0.2, -0.15) is 0 Å². The van der Waals surface area contributed by atoms with Gasteiger partial charge in [0.2, 0.25) is 0 Å². The number of carbonyl (C=O) groups excluding carboxylic acids is 1. The average Bonchev–Trinajstić information content (AvgIpc) is 2.68. The molecule has 1 unspecified atom stereocenters. The first-order valence-electron chi connectivity index (χ1n) is 5.09. The fourth-order valence-corrected chi connectivity index (χ4v) is 3.36. The van der Waals surface area contributed by atoms with Crippen LogP contribution < -0.4 is 5.32 Å². The lowest BCUT2D eigenvalue weighted by atomic mass is 10.3. The van der Waals surface area contributed by atoms with Gasteiger partial charge >= 0.3 is 0 Å². The maximum Gasteiger partial charge on any atom is 0.261 e. The molecule has 1 atom stereocenters. The van der Waals surface area contributed by atoms with Crippen molar-refractivity contribution < 1.29 is 14.3 Å². The van der Waals surface area contributed by atoms with E-state index in [0.29, 0.717) is 31.2 Å². The van der Waals surface area contributed by atoms with E-state index in [1.54, 1.807) is 6.07 Å². The van der Waals surface area contributed by atoms with E-state index in [2.05, 4.69) is 37.2 Å². The van der Waals surface area contributed by atoms with Crippen LogP contribution in [0.4, 0.5) is 0 Å². The summed E-state index contributed by atoms with van der Waals surface area (Å²) in [4.78, 5) is 12.5. The number of halogens is 2. The molecule has 1 N–H and O–H groups in total. The van der Waals surface area contributed by atoms with Gasteiger partial charge in [-0.25, -0.2) is 0 Å².